The number of hydrogen-bond acceptors (Lipinski definition) is 2. The van der Waals surface area contributed by atoms with Gasteiger partial charge >= 0.3 is 0 Å². The van der Waals surface area contributed by atoms with E-state index in [0.29, 0.717) is 6.61 Å². The maximum atomic E-state index is 9.95. The Morgan fingerprint density at radius 3 is 3.08 bits per heavy atom. The van der Waals surface area contributed by atoms with Crippen LogP contribution >= 0.6 is 0 Å². The molecule has 1 rings (SSSR count). The van der Waals surface area contributed by atoms with Crippen LogP contribution in [-0.2, 0) is 4.79 Å². The molecule has 2 nitrogen and oxygen atoms in total. The highest BCUT2D eigenvalue weighted by Gasteiger charge is 1.91. The number of benzene rings is 1. The summed E-state index contributed by atoms with van der Waals surface area (Å²) >= 11 is 0. The average Bonchev–Trinajstić information content (AvgIpc) is 2.16. The molecular weight excluding hydrogens is 164 g/mol. The van der Waals surface area contributed by atoms with Crippen LogP contribution in [-0.4, -0.2) is 12.9 Å². The van der Waals surface area contributed by atoms with Gasteiger partial charge in [-0.05, 0) is 30.7 Å². The first kappa shape index (κ1) is 9.52. The SMILES string of the molecule is CCOc1cccc(/C=C/[C]=O)c1. The molecule has 1 radical (unpaired) electrons. The first-order valence-corrected chi connectivity index (χ1v) is 4.14. The van der Waals surface area contributed by atoms with Crippen molar-refractivity contribution in [1.82, 2.24) is 0 Å². The van der Waals surface area contributed by atoms with Crippen LogP contribution in [0.4, 0.5) is 0 Å². The number of hydrogen-bond donors (Lipinski definition) is 0. The van der Waals surface area contributed by atoms with Gasteiger partial charge in [-0.1, -0.05) is 18.2 Å². The van der Waals surface area contributed by atoms with Crippen LogP contribution < -0.4 is 4.74 Å². The molecule has 0 N–H and O–H groups in total. The third-order valence-corrected chi connectivity index (χ3v) is 1.51. The molecule has 67 valence electrons. The van der Waals surface area contributed by atoms with Crippen molar-refractivity contribution in [1.29, 1.82) is 0 Å². The Morgan fingerprint density at radius 2 is 2.38 bits per heavy atom. The summed E-state index contributed by atoms with van der Waals surface area (Å²) in [5.74, 6) is 0.815. The van der Waals surface area contributed by atoms with Gasteiger partial charge in [0, 0.05) is 0 Å². The Morgan fingerprint density at radius 1 is 1.54 bits per heavy atom. The van der Waals surface area contributed by atoms with Crippen molar-refractivity contribution < 1.29 is 9.53 Å². The zero-order valence-corrected chi connectivity index (χ0v) is 7.49. The van der Waals surface area contributed by atoms with Crippen molar-refractivity contribution >= 4 is 12.4 Å². The smallest absolute Gasteiger partial charge is 0.225 e. The second kappa shape index (κ2) is 5.14. The quantitative estimate of drug-likeness (QED) is 0.656. The summed E-state index contributed by atoms with van der Waals surface area (Å²) in [5.41, 5.74) is 0.939. The molecule has 0 atom stereocenters. The second-order valence-corrected chi connectivity index (χ2v) is 2.46. The highest BCUT2D eigenvalue weighted by atomic mass is 16.5. The third kappa shape index (κ3) is 3.11. The normalized spacial score (nSPS) is 10.2. The molecule has 0 aliphatic rings. The molecule has 0 fully saturated rings. The zero-order chi connectivity index (χ0) is 9.52. The van der Waals surface area contributed by atoms with Gasteiger partial charge in [0.25, 0.3) is 0 Å². The molecule has 0 aliphatic carbocycles. The van der Waals surface area contributed by atoms with Gasteiger partial charge in [0.05, 0.1) is 6.61 Å². The van der Waals surface area contributed by atoms with E-state index in [1.54, 1.807) is 12.4 Å². The third-order valence-electron chi connectivity index (χ3n) is 1.51. The van der Waals surface area contributed by atoms with Crippen molar-refractivity contribution in [2.75, 3.05) is 6.61 Å². The van der Waals surface area contributed by atoms with E-state index >= 15 is 0 Å². The van der Waals surface area contributed by atoms with Crippen LogP contribution in [0.15, 0.2) is 30.3 Å². The van der Waals surface area contributed by atoms with Crippen LogP contribution in [0.5, 0.6) is 5.75 Å². The van der Waals surface area contributed by atoms with Gasteiger partial charge in [0.1, 0.15) is 5.75 Å². The Labute approximate surface area is 77.8 Å². The second-order valence-electron chi connectivity index (χ2n) is 2.46. The molecule has 1 aromatic rings. The van der Waals surface area contributed by atoms with Gasteiger partial charge in [-0.3, -0.25) is 4.79 Å². The molecular formula is C11H11O2. The Kier molecular flexibility index (Phi) is 3.76. The summed E-state index contributed by atoms with van der Waals surface area (Å²) in [4.78, 5) is 9.95. The largest absolute Gasteiger partial charge is 0.494 e. The predicted molar refractivity (Wildman–Crippen MR) is 52.3 cm³/mol. The lowest BCUT2D eigenvalue weighted by Crippen LogP contribution is -1.90. The van der Waals surface area contributed by atoms with Gasteiger partial charge in [-0.2, -0.15) is 0 Å². The first-order valence-electron chi connectivity index (χ1n) is 4.14. The van der Waals surface area contributed by atoms with E-state index in [2.05, 4.69) is 0 Å². The van der Waals surface area contributed by atoms with Gasteiger partial charge in [-0.15, -0.1) is 0 Å². The van der Waals surface area contributed by atoms with E-state index in [1.165, 1.54) is 6.08 Å². The topological polar surface area (TPSA) is 26.3 Å². The summed E-state index contributed by atoms with van der Waals surface area (Å²) in [6.45, 7) is 2.58. The van der Waals surface area contributed by atoms with Crippen LogP contribution in [0, 0.1) is 0 Å². The molecule has 13 heavy (non-hydrogen) atoms. The lowest BCUT2D eigenvalue weighted by Gasteiger charge is -2.02. The van der Waals surface area contributed by atoms with Crippen molar-refractivity contribution in [3.8, 4) is 5.75 Å². The van der Waals surface area contributed by atoms with Gasteiger partial charge in [-0.25, -0.2) is 0 Å². The Balaban J connectivity index is 2.78. The molecule has 0 saturated heterocycles. The van der Waals surface area contributed by atoms with E-state index in [9.17, 15) is 4.79 Å². The lowest BCUT2D eigenvalue weighted by molar-refractivity contribution is 0.340. The standard InChI is InChI=1S/C11H11O2/c1-2-13-11-7-3-5-10(9-11)6-4-8-12/h3-7,9H,2H2,1H3/b6-4+. The van der Waals surface area contributed by atoms with Gasteiger partial charge in [0.15, 0.2) is 0 Å². The van der Waals surface area contributed by atoms with Gasteiger partial charge in [0.2, 0.25) is 6.29 Å². The van der Waals surface area contributed by atoms with E-state index in [1.807, 2.05) is 31.2 Å². The monoisotopic (exact) mass is 175 g/mol. The Bertz CT molecular complexity index is 303. The molecule has 0 unspecified atom stereocenters. The molecule has 0 bridgehead atoms. The summed E-state index contributed by atoms with van der Waals surface area (Å²) < 4.78 is 5.29. The molecule has 0 aliphatic heterocycles. The van der Waals surface area contributed by atoms with Crippen molar-refractivity contribution in [2.24, 2.45) is 0 Å². The molecule has 0 saturated carbocycles. The number of carbonyl (C=O) groups excluding carboxylic acids is 1. The maximum Gasteiger partial charge on any atom is 0.225 e. The summed E-state index contributed by atoms with van der Waals surface area (Å²) in [5, 5.41) is 0. The fourth-order valence-electron chi connectivity index (χ4n) is 1.00. The molecule has 1 aromatic carbocycles. The summed E-state index contributed by atoms with van der Waals surface area (Å²) in [7, 11) is 0. The Hall–Kier alpha value is -1.57. The van der Waals surface area contributed by atoms with Crippen LogP contribution in [0.1, 0.15) is 12.5 Å². The van der Waals surface area contributed by atoms with Crippen molar-refractivity contribution in [2.45, 2.75) is 6.92 Å². The molecule has 0 heterocycles. The number of rotatable bonds is 4. The van der Waals surface area contributed by atoms with Crippen LogP contribution in [0.25, 0.3) is 6.08 Å². The van der Waals surface area contributed by atoms with Crippen LogP contribution in [0.2, 0.25) is 0 Å². The zero-order valence-electron chi connectivity index (χ0n) is 7.49. The summed E-state index contributed by atoms with van der Waals surface area (Å²) in [6.07, 6.45) is 4.72. The molecule has 0 spiro atoms. The first-order chi connectivity index (χ1) is 6.36. The number of allylic oxidation sites excluding steroid dienone is 1. The van der Waals surface area contributed by atoms with Crippen LogP contribution in [0.3, 0.4) is 0 Å². The highest BCUT2D eigenvalue weighted by Crippen LogP contribution is 2.13. The minimum absolute atomic E-state index is 0.646. The van der Waals surface area contributed by atoms with Crippen molar-refractivity contribution in [3.63, 3.8) is 0 Å². The summed E-state index contributed by atoms with van der Waals surface area (Å²) in [6, 6.07) is 7.54. The average molecular weight is 175 g/mol. The highest BCUT2D eigenvalue weighted by molar-refractivity contribution is 5.74. The lowest BCUT2D eigenvalue weighted by atomic mass is 10.2. The predicted octanol–water partition coefficient (Wildman–Crippen LogP) is 2.21. The molecule has 0 aromatic heterocycles. The van der Waals surface area contributed by atoms with E-state index < -0.39 is 0 Å². The minimum Gasteiger partial charge on any atom is -0.494 e. The van der Waals surface area contributed by atoms with E-state index in [4.69, 9.17) is 4.74 Å². The van der Waals surface area contributed by atoms with E-state index in [-0.39, 0.29) is 0 Å². The fourth-order valence-corrected chi connectivity index (χ4v) is 1.00. The minimum atomic E-state index is 0.646. The number of ether oxygens (including phenoxy) is 1. The maximum absolute atomic E-state index is 9.95. The van der Waals surface area contributed by atoms with Gasteiger partial charge < -0.3 is 4.74 Å². The van der Waals surface area contributed by atoms with E-state index in [0.717, 1.165) is 11.3 Å². The molecule has 2 heteroatoms. The van der Waals surface area contributed by atoms with Crippen molar-refractivity contribution in [3.05, 3.63) is 35.9 Å². The fraction of sp³-hybridized carbons (Fsp3) is 0.182. The molecule has 0 amide bonds.